The molecule has 0 saturated heterocycles. The average molecular weight is 447 g/mol. The smallest absolute Gasteiger partial charge is 0.417 e. The third kappa shape index (κ3) is 3.01. The van der Waals surface area contributed by atoms with Gasteiger partial charge in [-0.05, 0) is 35.0 Å². The molecule has 1 aliphatic carbocycles. The van der Waals surface area contributed by atoms with Crippen LogP contribution in [0.5, 0.6) is 0 Å². The lowest BCUT2D eigenvalue weighted by molar-refractivity contribution is -0.137. The molecule has 1 aliphatic heterocycles. The molecule has 1 unspecified atom stereocenters. The van der Waals surface area contributed by atoms with Crippen LogP contribution in [-0.4, -0.2) is 20.4 Å². The van der Waals surface area contributed by atoms with Gasteiger partial charge in [0.25, 0.3) is 0 Å². The summed E-state index contributed by atoms with van der Waals surface area (Å²) in [5.41, 5.74) is -1.51. The summed E-state index contributed by atoms with van der Waals surface area (Å²) in [4.78, 5) is 0.335. The predicted octanol–water partition coefficient (Wildman–Crippen LogP) is 5.11. The standard InChI is InChI=1S/C17H10BrF3O2S2/c1-16(22)14(24)10-7-23-12(6-9(10)13(18)15(16)25)8-4-2-3-5-11(8)17(19,20)21/h2-7,22H,1H3. The minimum atomic E-state index is -4.52. The predicted molar refractivity (Wildman–Crippen MR) is 100 cm³/mol. The zero-order valence-electron chi connectivity index (χ0n) is 12.6. The van der Waals surface area contributed by atoms with Gasteiger partial charge in [-0.1, -0.05) is 42.6 Å². The molecule has 0 saturated carbocycles. The number of thiocarbonyl (C=S) groups is 2. The molecule has 1 atom stereocenters. The van der Waals surface area contributed by atoms with Crippen molar-refractivity contribution < 1.29 is 23.0 Å². The van der Waals surface area contributed by atoms with Crippen LogP contribution >= 0.6 is 40.4 Å². The molecule has 0 amide bonds. The molecular weight excluding hydrogens is 437 g/mol. The molecule has 0 spiro atoms. The first-order valence-corrected chi connectivity index (χ1v) is 8.63. The molecule has 1 heterocycles. The van der Waals surface area contributed by atoms with Gasteiger partial charge in [-0.25, -0.2) is 0 Å². The van der Waals surface area contributed by atoms with Crippen LogP contribution in [-0.2, 0) is 10.9 Å². The zero-order valence-corrected chi connectivity index (χ0v) is 15.9. The second kappa shape index (κ2) is 6.12. The fourth-order valence-corrected chi connectivity index (χ4v) is 3.82. The van der Waals surface area contributed by atoms with Gasteiger partial charge in [0.15, 0.2) is 0 Å². The Kier molecular flexibility index (Phi) is 4.51. The Hall–Kier alpha value is -1.35. The Bertz CT molecular complexity index is 895. The fourth-order valence-electron chi connectivity index (χ4n) is 2.57. The van der Waals surface area contributed by atoms with Gasteiger partial charge in [-0.3, -0.25) is 0 Å². The maximum Gasteiger partial charge on any atom is 0.417 e. The number of rotatable bonds is 1. The normalized spacial score (nSPS) is 23.8. The van der Waals surface area contributed by atoms with Crippen LogP contribution in [0.25, 0.3) is 5.76 Å². The number of halogens is 4. The fraction of sp³-hybridized carbons (Fsp3) is 0.176. The van der Waals surface area contributed by atoms with Gasteiger partial charge in [0.05, 0.1) is 15.3 Å². The maximum absolute atomic E-state index is 13.2. The summed E-state index contributed by atoms with van der Waals surface area (Å²) >= 11 is 13.8. The Balaban J connectivity index is 2.16. The summed E-state index contributed by atoms with van der Waals surface area (Å²) in [6, 6.07) is 5.13. The first kappa shape index (κ1) is 18.4. The van der Waals surface area contributed by atoms with Crippen molar-refractivity contribution in [3.8, 4) is 0 Å². The van der Waals surface area contributed by atoms with E-state index in [0.717, 1.165) is 6.07 Å². The molecule has 0 fully saturated rings. The first-order chi connectivity index (χ1) is 11.5. The summed E-state index contributed by atoms with van der Waals surface area (Å²) < 4.78 is 45.6. The highest BCUT2D eigenvalue weighted by Crippen LogP contribution is 2.42. The summed E-state index contributed by atoms with van der Waals surface area (Å²) in [6.07, 6.45) is -1.83. The zero-order chi connectivity index (χ0) is 18.6. The van der Waals surface area contributed by atoms with Crippen molar-refractivity contribution in [2.75, 3.05) is 0 Å². The van der Waals surface area contributed by atoms with E-state index in [1.165, 1.54) is 37.5 Å². The maximum atomic E-state index is 13.2. The monoisotopic (exact) mass is 446 g/mol. The molecule has 2 aliphatic rings. The topological polar surface area (TPSA) is 29.5 Å². The Morgan fingerprint density at radius 3 is 2.44 bits per heavy atom. The number of benzene rings is 1. The molecule has 130 valence electrons. The number of ether oxygens (including phenoxy) is 1. The summed E-state index contributed by atoms with van der Waals surface area (Å²) in [5, 5.41) is 10.4. The third-order valence-electron chi connectivity index (χ3n) is 3.93. The third-order valence-corrected chi connectivity index (χ3v) is 6.24. The summed E-state index contributed by atoms with van der Waals surface area (Å²) in [6.45, 7) is 1.47. The SMILES string of the molecule is CC1(O)C(=S)C2=COC(c3ccccc3C(F)(F)F)=CC2=C(Br)C1=S. The van der Waals surface area contributed by atoms with Crippen LogP contribution in [0.2, 0.25) is 0 Å². The molecule has 1 N–H and O–H groups in total. The molecule has 8 heteroatoms. The van der Waals surface area contributed by atoms with Crippen molar-refractivity contribution in [1.29, 1.82) is 0 Å². The first-order valence-electron chi connectivity index (χ1n) is 7.02. The summed E-state index contributed by atoms with van der Waals surface area (Å²) in [5.74, 6) is 0.0239. The molecule has 0 aromatic heterocycles. The van der Waals surface area contributed by atoms with Gasteiger partial charge in [0, 0.05) is 21.2 Å². The van der Waals surface area contributed by atoms with Crippen molar-refractivity contribution in [3.63, 3.8) is 0 Å². The Morgan fingerprint density at radius 2 is 1.80 bits per heavy atom. The van der Waals surface area contributed by atoms with Gasteiger partial charge < -0.3 is 9.84 Å². The van der Waals surface area contributed by atoms with Crippen molar-refractivity contribution in [1.82, 2.24) is 0 Å². The van der Waals surface area contributed by atoms with E-state index in [9.17, 15) is 18.3 Å². The lowest BCUT2D eigenvalue weighted by Crippen LogP contribution is -2.46. The lowest BCUT2D eigenvalue weighted by Gasteiger charge is -2.34. The van der Waals surface area contributed by atoms with Crippen molar-refractivity contribution >= 4 is 55.9 Å². The second-order valence-electron chi connectivity index (χ2n) is 5.66. The Morgan fingerprint density at radius 1 is 1.16 bits per heavy atom. The van der Waals surface area contributed by atoms with Crippen LogP contribution in [0.4, 0.5) is 13.2 Å². The Labute approximate surface area is 160 Å². The molecule has 0 bridgehead atoms. The van der Waals surface area contributed by atoms with E-state index in [1.807, 2.05) is 0 Å². The second-order valence-corrected chi connectivity index (χ2v) is 7.27. The van der Waals surface area contributed by atoms with E-state index in [4.69, 9.17) is 29.2 Å². The average Bonchev–Trinajstić information content (AvgIpc) is 2.57. The highest BCUT2D eigenvalue weighted by Gasteiger charge is 2.42. The van der Waals surface area contributed by atoms with E-state index >= 15 is 0 Å². The van der Waals surface area contributed by atoms with Crippen LogP contribution in [0, 0.1) is 0 Å². The highest BCUT2D eigenvalue weighted by atomic mass is 79.9. The van der Waals surface area contributed by atoms with Gasteiger partial charge in [0.1, 0.15) is 17.6 Å². The summed E-state index contributed by atoms with van der Waals surface area (Å²) in [7, 11) is 0. The van der Waals surface area contributed by atoms with Crippen molar-refractivity contribution in [2.24, 2.45) is 0 Å². The van der Waals surface area contributed by atoms with E-state index in [2.05, 4.69) is 15.9 Å². The molecular formula is C17H10BrF3O2S2. The molecule has 2 nitrogen and oxygen atoms in total. The number of aliphatic hydroxyl groups is 1. The molecule has 1 aromatic rings. The van der Waals surface area contributed by atoms with Crippen LogP contribution < -0.4 is 0 Å². The van der Waals surface area contributed by atoms with E-state index in [1.54, 1.807) is 0 Å². The van der Waals surface area contributed by atoms with Crippen LogP contribution in [0.1, 0.15) is 18.1 Å². The number of hydrogen-bond donors (Lipinski definition) is 1. The molecule has 3 rings (SSSR count). The van der Waals surface area contributed by atoms with Crippen molar-refractivity contribution in [2.45, 2.75) is 18.7 Å². The van der Waals surface area contributed by atoms with E-state index in [0.29, 0.717) is 15.6 Å². The van der Waals surface area contributed by atoms with Gasteiger partial charge >= 0.3 is 6.18 Å². The van der Waals surface area contributed by atoms with E-state index in [-0.39, 0.29) is 21.1 Å². The van der Waals surface area contributed by atoms with Gasteiger partial charge in [-0.15, -0.1) is 0 Å². The quantitative estimate of drug-likeness (QED) is 0.606. The number of hydrogen-bond acceptors (Lipinski definition) is 4. The van der Waals surface area contributed by atoms with Crippen LogP contribution in [0.3, 0.4) is 0 Å². The largest absolute Gasteiger partial charge is 0.464 e. The minimum absolute atomic E-state index is 0.0239. The highest BCUT2D eigenvalue weighted by molar-refractivity contribution is 9.12. The number of alkyl halides is 3. The van der Waals surface area contributed by atoms with E-state index < -0.39 is 17.3 Å². The van der Waals surface area contributed by atoms with Gasteiger partial charge in [0.2, 0.25) is 0 Å². The minimum Gasteiger partial charge on any atom is -0.464 e. The van der Waals surface area contributed by atoms with Crippen molar-refractivity contribution in [3.05, 3.63) is 63.4 Å². The molecule has 0 radical (unpaired) electrons. The van der Waals surface area contributed by atoms with Crippen LogP contribution in [0.15, 0.2) is 52.2 Å². The van der Waals surface area contributed by atoms with Gasteiger partial charge in [-0.2, -0.15) is 13.2 Å². The lowest BCUT2D eigenvalue weighted by atomic mass is 9.82. The molecule has 1 aromatic carbocycles. The number of allylic oxidation sites excluding steroid dienone is 2. The molecule has 25 heavy (non-hydrogen) atoms. The number of fused-ring (bicyclic) bond motifs is 1.